The standard InChI is InChI=1S/C15H18N6O5/c1-3-26-10-5-4-9(6-11(10)25-2)7-17-19-12(22)8-16-13-14(23)18-15(24)21-20-13/h4-7H,3,8H2,1-2H3,(H,16,20)(H,19,22)(H2,18,21,23,24). The number of aromatic nitrogens is 3. The molecule has 0 atom stereocenters. The Kier molecular flexibility index (Phi) is 6.48. The maximum absolute atomic E-state index is 11.7. The van der Waals surface area contributed by atoms with Gasteiger partial charge in [-0.1, -0.05) is 0 Å². The number of carbonyl (C=O) groups is 1. The quantitative estimate of drug-likeness (QED) is 0.362. The number of benzene rings is 1. The summed E-state index contributed by atoms with van der Waals surface area (Å²) in [5, 5.41) is 11.8. The molecule has 0 spiro atoms. The van der Waals surface area contributed by atoms with Gasteiger partial charge in [0, 0.05) is 0 Å². The maximum atomic E-state index is 11.7. The molecule has 0 saturated carbocycles. The molecule has 2 rings (SSSR count). The summed E-state index contributed by atoms with van der Waals surface area (Å²) in [5.41, 5.74) is 1.52. The summed E-state index contributed by atoms with van der Waals surface area (Å²) in [6.07, 6.45) is 1.43. The first kappa shape index (κ1) is 18.7. The molecule has 0 unspecified atom stereocenters. The predicted molar refractivity (Wildman–Crippen MR) is 93.9 cm³/mol. The van der Waals surface area contributed by atoms with Crippen LogP contribution in [-0.2, 0) is 4.79 Å². The van der Waals surface area contributed by atoms with Gasteiger partial charge in [0.05, 0.1) is 26.5 Å². The molecule has 26 heavy (non-hydrogen) atoms. The largest absolute Gasteiger partial charge is 0.493 e. The number of hydrazone groups is 1. The van der Waals surface area contributed by atoms with Crippen LogP contribution in [0.5, 0.6) is 11.5 Å². The lowest BCUT2D eigenvalue weighted by atomic mass is 10.2. The van der Waals surface area contributed by atoms with Gasteiger partial charge in [-0.3, -0.25) is 14.6 Å². The lowest BCUT2D eigenvalue weighted by Gasteiger charge is -2.09. The summed E-state index contributed by atoms with van der Waals surface area (Å²) in [6, 6.07) is 5.20. The molecule has 4 N–H and O–H groups in total. The van der Waals surface area contributed by atoms with Crippen LogP contribution in [0.15, 0.2) is 32.9 Å². The molecule has 0 aliphatic carbocycles. The van der Waals surface area contributed by atoms with E-state index in [0.29, 0.717) is 23.7 Å². The molecule has 11 nitrogen and oxygen atoms in total. The van der Waals surface area contributed by atoms with Crippen LogP contribution >= 0.6 is 0 Å². The molecule has 0 aliphatic heterocycles. The molecule has 138 valence electrons. The summed E-state index contributed by atoms with van der Waals surface area (Å²) < 4.78 is 10.6. The van der Waals surface area contributed by atoms with Crippen LogP contribution in [0, 0.1) is 0 Å². The van der Waals surface area contributed by atoms with Crippen molar-refractivity contribution >= 4 is 17.9 Å². The predicted octanol–water partition coefficient (Wildman–Crippen LogP) is -0.572. The van der Waals surface area contributed by atoms with Crippen molar-refractivity contribution in [3.05, 3.63) is 44.6 Å². The molecule has 0 radical (unpaired) electrons. The van der Waals surface area contributed by atoms with Crippen molar-refractivity contribution in [1.82, 2.24) is 20.6 Å². The highest BCUT2D eigenvalue weighted by molar-refractivity contribution is 5.84. The fourth-order valence-corrected chi connectivity index (χ4v) is 1.89. The van der Waals surface area contributed by atoms with Crippen LogP contribution in [-0.4, -0.2) is 47.6 Å². The van der Waals surface area contributed by atoms with Gasteiger partial charge in [-0.25, -0.2) is 15.3 Å². The number of rotatable bonds is 8. The number of ether oxygens (including phenoxy) is 2. The van der Waals surface area contributed by atoms with E-state index < -0.39 is 17.2 Å². The first-order valence-corrected chi connectivity index (χ1v) is 7.59. The van der Waals surface area contributed by atoms with E-state index in [1.54, 1.807) is 18.2 Å². The molecule has 0 fully saturated rings. The lowest BCUT2D eigenvalue weighted by molar-refractivity contribution is -0.119. The van der Waals surface area contributed by atoms with E-state index in [4.69, 9.17) is 9.47 Å². The molecule has 0 bridgehead atoms. The van der Waals surface area contributed by atoms with Crippen molar-refractivity contribution in [3.63, 3.8) is 0 Å². The zero-order chi connectivity index (χ0) is 18.9. The van der Waals surface area contributed by atoms with Crippen LogP contribution in [0.25, 0.3) is 0 Å². The summed E-state index contributed by atoms with van der Waals surface area (Å²) in [5.74, 6) is 0.470. The Morgan fingerprint density at radius 2 is 2.15 bits per heavy atom. The Bertz CT molecular complexity index is 904. The second-order valence-electron chi connectivity index (χ2n) is 4.85. The molecule has 2 aromatic rings. The number of nitrogens with one attached hydrogen (secondary N) is 4. The second kappa shape index (κ2) is 9.01. The Morgan fingerprint density at radius 1 is 1.35 bits per heavy atom. The zero-order valence-electron chi connectivity index (χ0n) is 14.2. The summed E-state index contributed by atoms with van der Waals surface area (Å²) in [6.45, 7) is 2.13. The van der Waals surface area contributed by atoms with E-state index in [0.717, 1.165) is 0 Å². The van der Waals surface area contributed by atoms with Gasteiger partial charge in [0.1, 0.15) is 0 Å². The number of H-pyrrole nitrogens is 2. The van der Waals surface area contributed by atoms with Gasteiger partial charge >= 0.3 is 5.69 Å². The van der Waals surface area contributed by atoms with Crippen LogP contribution in [0.4, 0.5) is 5.82 Å². The SMILES string of the molecule is CCOc1ccc(C=NNC(=O)CNc2n[nH]c(=O)[nH]c2=O)cc1OC. The van der Waals surface area contributed by atoms with Gasteiger partial charge in [-0.2, -0.15) is 5.10 Å². The van der Waals surface area contributed by atoms with E-state index in [1.807, 2.05) is 17.0 Å². The van der Waals surface area contributed by atoms with E-state index in [9.17, 15) is 14.4 Å². The number of hydrogen-bond acceptors (Lipinski definition) is 8. The summed E-state index contributed by atoms with van der Waals surface area (Å²) in [4.78, 5) is 35.9. The molecular weight excluding hydrogens is 344 g/mol. The Morgan fingerprint density at radius 3 is 2.85 bits per heavy atom. The zero-order valence-corrected chi connectivity index (χ0v) is 14.2. The van der Waals surface area contributed by atoms with E-state index in [2.05, 4.69) is 20.9 Å². The molecule has 0 saturated heterocycles. The Labute approximate surface area is 147 Å². The van der Waals surface area contributed by atoms with Crippen LogP contribution in [0.2, 0.25) is 0 Å². The van der Waals surface area contributed by atoms with Crippen LogP contribution in [0.1, 0.15) is 12.5 Å². The van der Waals surface area contributed by atoms with Crippen molar-refractivity contribution in [2.45, 2.75) is 6.92 Å². The first-order valence-electron chi connectivity index (χ1n) is 7.59. The monoisotopic (exact) mass is 362 g/mol. The number of aromatic amines is 2. The van der Waals surface area contributed by atoms with Gasteiger partial charge < -0.3 is 14.8 Å². The van der Waals surface area contributed by atoms with Crippen molar-refractivity contribution in [2.24, 2.45) is 5.10 Å². The topological polar surface area (TPSA) is 151 Å². The summed E-state index contributed by atoms with van der Waals surface area (Å²) in [7, 11) is 1.53. The third-order valence-corrected chi connectivity index (χ3v) is 3.02. The molecule has 0 aliphatic rings. The number of methoxy groups -OCH3 is 1. The van der Waals surface area contributed by atoms with Crippen molar-refractivity contribution in [3.8, 4) is 11.5 Å². The van der Waals surface area contributed by atoms with Crippen molar-refractivity contribution in [1.29, 1.82) is 0 Å². The highest BCUT2D eigenvalue weighted by Gasteiger charge is 2.06. The van der Waals surface area contributed by atoms with Gasteiger partial charge in [0.2, 0.25) is 5.82 Å². The first-order chi connectivity index (χ1) is 12.5. The average molecular weight is 362 g/mol. The van der Waals surface area contributed by atoms with Crippen molar-refractivity contribution in [2.75, 3.05) is 25.6 Å². The smallest absolute Gasteiger partial charge is 0.342 e. The molecule has 1 aromatic carbocycles. The highest BCUT2D eigenvalue weighted by atomic mass is 16.5. The number of hydrogen-bond donors (Lipinski definition) is 4. The Hall–Kier alpha value is -3.63. The molecule has 1 heterocycles. The van der Waals surface area contributed by atoms with Crippen LogP contribution in [0.3, 0.4) is 0 Å². The number of carbonyl (C=O) groups excluding carboxylic acids is 1. The maximum Gasteiger partial charge on any atom is 0.342 e. The van der Waals surface area contributed by atoms with E-state index in [1.165, 1.54) is 13.3 Å². The van der Waals surface area contributed by atoms with Gasteiger partial charge in [0.25, 0.3) is 11.5 Å². The van der Waals surface area contributed by atoms with Crippen molar-refractivity contribution < 1.29 is 14.3 Å². The normalized spacial score (nSPS) is 10.5. The minimum absolute atomic E-state index is 0.181. The fraction of sp³-hybridized carbons (Fsp3) is 0.267. The highest BCUT2D eigenvalue weighted by Crippen LogP contribution is 2.27. The molecular formula is C15H18N6O5. The fourth-order valence-electron chi connectivity index (χ4n) is 1.89. The van der Waals surface area contributed by atoms with E-state index >= 15 is 0 Å². The minimum Gasteiger partial charge on any atom is -0.493 e. The number of amides is 1. The Balaban J connectivity index is 1.90. The third-order valence-electron chi connectivity index (χ3n) is 3.02. The van der Waals surface area contributed by atoms with Gasteiger partial charge in [-0.05, 0) is 30.7 Å². The minimum atomic E-state index is -0.736. The van der Waals surface area contributed by atoms with Crippen LogP contribution < -0.4 is 31.5 Å². The summed E-state index contributed by atoms with van der Waals surface area (Å²) >= 11 is 0. The van der Waals surface area contributed by atoms with E-state index in [-0.39, 0.29) is 12.4 Å². The molecule has 11 heteroatoms. The average Bonchev–Trinajstić information content (AvgIpc) is 2.62. The number of nitrogens with zero attached hydrogens (tertiary/aromatic N) is 2. The third kappa shape index (κ3) is 5.19. The second-order valence-corrected chi connectivity index (χ2v) is 4.85. The lowest BCUT2D eigenvalue weighted by Crippen LogP contribution is -2.31. The molecule has 1 aromatic heterocycles. The van der Waals surface area contributed by atoms with Gasteiger partial charge in [-0.15, -0.1) is 5.10 Å². The van der Waals surface area contributed by atoms with Gasteiger partial charge in [0.15, 0.2) is 11.5 Å². The number of anilines is 1. The molecule has 1 amide bonds.